The quantitative estimate of drug-likeness (QED) is 0.596. The first kappa shape index (κ1) is 1.95. The predicted molar refractivity (Wildman–Crippen MR) is 35.1 cm³/mol. The van der Waals surface area contributed by atoms with Crippen molar-refractivity contribution >= 4 is 5.97 Å². The Morgan fingerprint density at radius 3 is 2.89 bits per heavy atom. The second kappa shape index (κ2) is 3.45. The number of carboxylic acids is 1. The molecule has 0 aromatic heterocycles. The van der Waals surface area contributed by atoms with Crippen LogP contribution >= 0.6 is 0 Å². The molecule has 0 amide bonds. The van der Waals surface area contributed by atoms with Crippen molar-refractivity contribution in [2.75, 3.05) is 0 Å². The van der Waals surface area contributed by atoms with Crippen LogP contribution in [-0.4, -0.2) is 17.1 Å². The summed E-state index contributed by atoms with van der Waals surface area (Å²) in [6, 6.07) is -2.23. The number of nitrogens with two attached hydrogens (primary N) is 1. The van der Waals surface area contributed by atoms with Crippen LogP contribution in [0.4, 0.5) is 0 Å². The fourth-order valence-corrected chi connectivity index (χ4v) is 0.251. The van der Waals surface area contributed by atoms with Crippen LogP contribution in [-0.2, 0) is 4.79 Å². The van der Waals surface area contributed by atoms with Crippen LogP contribution in [0, 0.1) is 5.92 Å². The highest BCUT2D eigenvalue weighted by Gasteiger charge is 2.11. The third kappa shape index (κ3) is 3.97. The highest BCUT2D eigenvalue weighted by Crippen LogP contribution is 2.01. The third-order valence-corrected chi connectivity index (χ3v) is 0.612. The minimum Gasteiger partial charge on any atom is -0.480 e. The van der Waals surface area contributed by atoms with Gasteiger partial charge in [-0.15, -0.1) is 0 Å². The molecule has 0 heterocycles. The van der Waals surface area contributed by atoms with Crippen LogP contribution in [0.3, 0.4) is 0 Å². The molecule has 0 aliphatic heterocycles. The molecule has 3 nitrogen and oxygen atoms in total. The zero-order valence-electron chi connectivity index (χ0n) is 12.6. The second-order valence-corrected chi connectivity index (χ2v) is 1.42. The van der Waals surface area contributed by atoms with Gasteiger partial charge in [0.2, 0.25) is 0 Å². The van der Waals surface area contributed by atoms with E-state index in [1.54, 1.807) is 0 Å². The minimum atomic E-state index is -3.18. The zero-order chi connectivity index (χ0) is 14.2. The molecule has 1 atom stereocenters. The van der Waals surface area contributed by atoms with Crippen molar-refractivity contribution in [3.05, 3.63) is 0 Å². The topological polar surface area (TPSA) is 63.3 Å². The lowest BCUT2D eigenvalue weighted by Gasteiger charge is -2.07. The molecule has 0 bridgehead atoms. The molecule has 3 heteroatoms. The lowest BCUT2D eigenvalue weighted by Crippen LogP contribution is -2.31. The van der Waals surface area contributed by atoms with Crippen LogP contribution in [0.25, 0.3) is 0 Å². The maximum absolute atomic E-state index is 10.6. The normalized spacial score (nSPS) is 31.3. The van der Waals surface area contributed by atoms with Gasteiger partial charge in [-0.05, 0) is 12.3 Å². The highest BCUT2D eigenvalue weighted by atomic mass is 16.4. The van der Waals surface area contributed by atoms with Crippen molar-refractivity contribution in [3.8, 4) is 0 Å². The maximum Gasteiger partial charge on any atom is 0.320 e. The van der Waals surface area contributed by atoms with E-state index in [-0.39, 0.29) is 0 Å². The standard InChI is InChI=1S/C6H13NO2/c1-4(2)3-5(7)6(8)9/h4-5H,3,7H2,1-2H3,(H,8,9)/t5-/m0/s1/i1D3,2D3,3D2. The molecule has 0 spiro atoms. The number of carboxylic acid groups (broad SMARTS) is 1. The fraction of sp³-hybridized carbons (Fsp3) is 0.833. The van der Waals surface area contributed by atoms with Crippen molar-refractivity contribution in [2.45, 2.75) is 26.1 Å². The van der Waals surface area contributed by atoms with Gasteiger partial charge in [0.15, 0.2) is 0 Å². The molecule has 0 fully saturated rings. The Hall–Kier alpha value is -0.570. The lowest BCUT2D eigenvalue weighted by atomic mass is 10.1. The van der Waals surface area contributed by atoms with Crippen molar-refractivity contribution in [2.24, 2.45) is 11.7 Å². The SMILES string of the molecule is [2H]C([2H])([2H])C(C([2H])([2H])[2H])C([2H])([2H])[C@H](N)C(=O)O. The third-order valence-electron chi connectivity index (χ3n) is 0.612. The molecule has 0 saturated heterocycles. The summed E-state index contributed by atoms with van der Waals surface area (Å²) in [6.07, 6.45) is -3.08. The molecule has 0 aliphatic carbocycles. The molecular formula is C6H13NO2. The fourth-order valence-electron chi connectivity index (χ4n) is 0.251. The summed E-state index contributed by atoms with van der Waals surface area (Å²) in [5.41, 5.74) is 5.01. The predicted octanol–water partition coefficient (Wildman–Crippen LogP) is 0.444. The average molecular weight is 139 g/mol. The second-order valence-electron chi connectivity index (χ2n) is 1.42. The summed E-state index contributed by atoms with van der Waals surface area (Å²) in [7, 11) is 0. The van der Waals surface area contributed by atoms with Gasteiger partial charge in [0, 0.05) is 11.0 Å². The van der Waals surface area contributed by atoms with Crippen LogP contribution in [0.15, 0.2) is 0 Å². The Morgan fingerprint density at radius 2 is 2.56 bits per heavy atom. The van der Waals surface area contributed by atoms with Crippen LogP contribution in [0.5, 0.6) is 0 Å². The number of carbonyl (C=O) groups is 1. The Bertz CT molecular complexity index is 281. The Kier molecular flexibility index (Phi) is 0.750. The summed E-state index contributed by atoms with van der Waals surface area (Å²) in [5, 5.41) is 8.57. The highest BCUT2D eigenvalue weighted by molar-refractivity contribution is 5.72. The molecule has 3 N–H and O–H groups in total. The molecule has 0 aromatic carbocycles. The van der Waals surface area contributed by atoms with Gasteiger partial charge in [-0.25, -0.2) is 0 Å². The minimum absolute atomic E-state index is 1.80. The van der Waals surface area contributed by atoms with Gasteiger partial charge in [0.1, 0.15) is 6.04 Å². The molecule has 9 heavy (non-hydrogen) atoms. The van der Waals surface area contributed by atoms with Crippen LogP contribution < -0.4 is 5.73 Å². The summed E-state index contributed by atoms with van der Waals surface area (Å²) in [4.78, 5) is 10.6. The van der Waals surface area contributed by atoms with E-state index < -0.39 is 38.0 Å². The molecule has 0 saturated carbocycles. The number of rotatable bonds is 3. The number of hydrogen-bond donors (Lipinski definition) is 2. The first-order valence-corrected chi connectivity index (χ1v) is 2.20. The van der Waals surface area contributed by atoms with Crippen molar-refractivity contribution in [3.63, 3.8) is 0 Å². The van der Waals surface area contributed by atoms with Gasteiger partial charge >= 0.3 is 5.97 Å². The van der Waals surface area contributed by atoms with E-state index in [0.29, 0.717) is 0 Å². The first-order valence-electron chi connectivity index (χ1n) is 6.20. The van der Waals surface area contributed by atoms with Gasteiger partial charge in [-0.2, -0.15) is 0 Å². The molecular weight excluding hydrogens is 118 g/mol. The van der Waals surface area contributed by atoms with E-state index in [4.69, 9.17) is 21.8 Å². The molecule has 0 aromatic rings. The van der Waals surface area contributed by atoms with E-state index in [0.717, 1.165) is 0 Å². The van der Waals surface area contributed by atoms with E-state index in [1.165, 1.54) is 0 Å². The largest absolute Gasteiger partial charge is 0.480 e. The van der Waals surface area contributed by atoms with E-state index in [9.17, 15) is 4.79 Å². The monoisotopic (exact) mass is 139 g/mol. The summed E-state index contributed by atoms with van der Waals surface area (Å²) >= 11 is 0. The maximum atomic E-state index is 10.6. The van der Waals surface area contributed by atoms with Crippen LogP contribution in [0.1, 0.15) is 31.0 Å². The van der Waals surface area contributed by atoms with Gasteiger partial charge in [-0.1, -0.05) is 13.7 Å². The van der Waals surface area contributed by atoms with Crippen molar-refractivity contribution in [1.82, 2.24) is 0 Å². The zero-order valence-corrected chi connectivity index (χ0v) is 4.59. The Morgan fingerprint density at radius 1 is 2.00 bits per heavy atom. The van der Waals surface area contributed by atoms with Gasteiger partial charge in [0.25, 0.3) is 0 Å². The van der Waals surface area contributed by atoms with Gasteiger partial charge in [-0.3, -0.25) is 4.79 Å². The Labute approximate surface area is 66.1 Å². The first-order chi connectivity index (χ1) is 7.22. The summed E-state index contributed by atoms with van der Waals surface area (Å²) in [5.74, 6) is -4.26. The summed E-state index contributed by atoms with van der Waals surface area (Å²) in [6.45, 7) is -6.36. The van der Waals surface area contributed by atoms with Crippen molar-refractivity contribution < 1.29 is 20.9 Å². The molecule has 54 valence electrons. The molecule has 0 aliphatic rings. The molecule has 0 radical (unpaired) electrons. The van der Waals surface area contributed by atoms with Gasteiger partial charge < -0.3 is 10.8 Å². The van der Waals surface area contributed by atoms with Gasteiger partial charge in [0.05, 0.1) is 0 Å². The lowest BCUT2D eigenvalue weighted by molar-refractivity contribution is -0.138. The summed E-state index contributed by atoms with van der Waals surface area (Å²) < 4.78 is 56.9. The molecule has 0 unspecified atom stereocenters. The number of aliphatic carboxylic acids is 1. The van der Waals surface area contributed by atoms with E-state index >= 15 is 0 Å². The average Bonchev–Trinajstić information content (AvgIpc) is 1.95. The van der Waals surface area contributed by atoms with Crippen LogP contribution in [0.2, 0.25) is 0 Å². The van der Waals surface area contributed by atoms with E-state index in [2.05, 4.69) is 0 Å². The smallest absolute Gasteiger partial charge is 0.320 e. The molecule has 0 rings (SSSR count). The number of hydrogen-bond acceptors (Lipinski definition) is 2. The Balaban J connectivity index is 5.56. The van der Waals surface area contributed by atoms with E-state index in [1.807, 2.05) is 0 Å². The van der Waals surface area contributed by atoms with Crippen molar-refractivity contribution in [1.29, 1.82) is 0 Å².